The number of anilines is 2. The Morgan fingerprint density at radius 1 is 0.960 bits per heavy atom. The summed E-state index contributed by atoms with van der Waals surface area (Å²) in [6.07, 6.45) is 3.40. The maximum Gasteiger partial charge on any atom is 0.225 e. The number of halogens is 1. The van der Waals surface area contributed by atoms with Crippen molar-refractivity contribution in [1.82, 2.24) is 15.0 Å². The molecule has 0 unspecified atom stereocenters. The second-order valence-electron chi connectivity index (χ2n) is 5.90. The van der Waals surface area contributed by atoms with Gasteiger partial charge in [-0.05, 0) is 30.3 Å². The molecule has 0 N–H and O–H groups in total. The minimum atomic E-state index is 0.669. The van der Waals surface area contributed by atoms with Crippen molar-refractivity contribution >= 4 is 34.3 Å². The Morgan fingerprint density at radius 2 is 1.68 bits per heavy atom. The molecule has 0 aliphatic carbocycles. The smallest absolute Gasteiger partial charge is 0.225 e. The molecule has 1 aliphatic rings. The normalized spacial score (nSPS) is 14.8. The highest BCUT2D eigenvalue weighted by atomic mass is 35.5. The third-order valence-electron chi connectivity index (χ3n) is 4.37. The van der Waals surface area contributed by atoms with Crippen LogP contribution >= 0.6 is 11.6 Å². The number of hydrogen-bond donors (Lipinski definition) is 0. The fraction of sp³-hybridized carbons (Fsp3) is 0.278. The second kappa shape index (κ2) is 6.72. The van der Waals surface area contributed by atoms with Gasteiger partial charge in [-0.2, -0.15) is 0 Å². The van der Waals surface area contributed by atoms with Crippen molar-refractivity contribution in [3.05, 3.63) is 47.7 Å². The van der Waals surface area contributed by atoms with Crippen molar-refractivity contribution in [2.45, 2.75) is 0 Å². The van der Waals surface area contributed by atoms with Crippen molar-refractivity contribution in [2.75, 3.05) is 43.1 Å². The third-order valence-corrected chi connectivity index (χ3v) is 4.61. The maximum absolute atomic E-state index is 6.04. The van der Waals surface area contributed by atoms with Crippen LogP contribution in [0.5, 0.6) is 5.75 Å². The summed E-state index contributed by atoms with van der Waals surface area (Å²) in [5.41, 5.74) is 0.961. The van der Waals surface area contributed by atoms with E-state index < -0.39 is 0 Å². The number of ether oxygens (including phenoxy) is 1. The van der Waals surface area contributed by atoms with E-state index in [2.05, 4.69) is 31.9 Å². The molecule has 0 saturated carbocycles. The lowest BCUT2D eigenvalue weighted by atomic mass is 10.2. The Kier molecular flexibility index (Phi) is 4.28. The molecule has 3 aromatic rings. The molecule has 25 heavy (non-hydrogen) atoms. The number of piperazine rings is 1. The summed E-state index contributed by atoms with van der Waals surface area (Å²) in [7, 11) is 1.61. The monoisotopic (exact) mass is 355 g/mol. The van der Waals surface area contributed by atoms with Gasteiger partial charge in [-0.15, -0.1) is 0 Å². The molecule has 3 heterocycles. The molecule has 1 fully saturated rings. The molecule has 7 heteroatoms. The van der Waals surface area contributed by atoms with Gasteiger partial charge in [-0.1, -0.05) is 11.6 Å². The van der Waals surface area contributed by atoms with Crippen LogP contribution in [0.4, 0.5) is 11.8 Å². The number of benzene rings is 1. The van der Waals surface area contributed by atoms with Crippen molar-refractivity contribution < 1.29 is 4.74 Å². The van der Waals surface area contributed by atoms with Crippen LogP contribution in [-0.4, -0.2) is 48.2 Å². The summed E-state index contributed by atoms with van der Waals surface area (Å²) in [5, 5.41) is 1.79. The highest BCUT2D eigenvalue weighted by Gasteiger charge is 2.20. The number of hydrogen-bond acceptors (Lipinski definition) is 6. The lowest BCUT2D eigenvalue weighted by molar-refractivity contribution is 0.410. The van der Waals surface area contributed by atoms with Crippen LogP contribution in [0.25, 0.3) is 10.9 Å². The fourth-order valence-corrected chi connectivity index (χ4v) is 3.16. The van der Waals surface area contributed by atoms with Crippen LogP contribution in [0.3, 0.4) is 0 Å². The van der Waals surface area contributed by atoms with Gasteiger partial charge in [0, 0.05) is 36.6 Å². The first-order valence-electron chi connectivity index (χ1n) is 8.15. The van der Waals surface area contributed by atoms with Gasteiger partial charge in [0.2, 0.25) is 5.95 Å². The average Bonchev–Trinajstić information content (AvgIpc) is 2.68. The molecule has 0 amide bonds. The van der Waals surface area contributed by atoms with Crippen LogP contribution in [-0.2, 0) is 0 Å². The van der Waals surface area contributed by atoms with Crippen LogP contribution < -0.4 is 14.5 Å². The van der Waals surface area contributed by atoms with Crippen LogP contribution in [0.15, 0.2) is 42.7 Å². The van der Waals surface area contributed by atoms with Gasteiger partial charge < -0.3 is 14.5 Å². The number of aromatic nitrogens is 3. The Morgan fingerprint density at radius 3 is 2.40 bits per heavy atom. The number of nitrogens with zero attached hydrogens (tertiary/aromatic N) is 5. The summed E-state index contributed by atoms with van der Waals surface area (Å²) < 4.78 is 5.11. The van der Waals surface area contributed by atoms with Crippen molar-refractivity contribution in [3.63, 3.8) is 0 Å². The summed E-state index contributed by atoms with van der Waals surface area (Å²) >= 11 is 6.04. The summed E-state index contributed by atoms with van der Waals surface area (Å²) in [6, 6.07) is 9.90. The van der Waals surface area contributed by atoms with Crippen LogP contribution in [0.1, 0.15) is 0 Å². The first-order chi connectivity index (χ1) is 12.2. The molecule has 0 bridgehead atoms. The predicted octanol–water partition coefficient (Wildman–Crippen LogP) is 3.01. The fourth-order valence-electron chi connectivity index (χ4n) is 2.98. The largest absolute Gasteiger partial charge is 0.494 e. The lowest BCUT2D eigenvalue weighted by Crippen LogP contribution is -2.47. The van der Waals surface area contributed by atoms with Crippen molar-refractivity contribution in [3.8, 4) is 5.75 Å². The van der Waals surface area contributed by atoms with E-state index in [0.717, 1.165) is 53.9 Å². The minimum absolute atomic E-state index is 0.669. The zero-order valence-corrected chi connectivity index (χ0v) is 14.6. The van der Waals surface area contributed by atoms with Gasteiger partial charge >= 0.3 is 0 Å². The van der Waals surface area contributed by atoms with Gasteiger partial charge in [-0.3, -0.25) is 0 Å². The minimum Gasteiger partial charge on any atom is -0.494 e. The molecule has 128 valence electrons. The van der Waals surface area contributed by atoms with Gasteiger partial charge in [0.05, 0.1) is 25.0 Å². The molecule has 1 aliphatic heterocycles. The highest BCUT2D eigenvalue weighted by molar-refractivity contribution is 6.31. The van der Waals surface area contributed by atoms with E-state index >= 15 is 0 Å². The first kappa shape index (κ1) is 15.9. The molecule has 4 rings (SSSR count). The topological polar surface area (TPSA) is 54.4 Å². The third kappa shape index (κ3) is 3.30. The van der Waals surface area contributed by atoms with E-state index in [0.29, 0.717) is 5.75 Å². The molecule has 1 saturated heterocycles. The van der Waals surface area contributed by atoms with Crippen molar-refractivity contribution in [2.24, 2.45) is 0 Å². The number of fused-ring (bicyclic) bond motifs is 1. The zero-order valence-electron chi connectivity index (χ0n) is 13.9. The molecule has 6 nitrogen and oxygen atoms in total. The van der Waals surface area contributed by atoms with E-state index in [-0.39, 0.29) is 0 Å². The molecule has 2 aromatic heterocycles. The number of rotatable bonds is 3. The standard InChI is InChI=1S/C18H18ClN5O/c1-25-15-11-20-18(21-12-15)24-8-6-23(7-9-24)17-5-2-13-10-14(19)3-4-16(13)22-17/h2-5,10-12H,6-9H2,1H3. The maximum atomic E-state index is 6.04. The van der Waals surface area contributed by atoms with Crippen LogP contribution in [0.2, 0.25) is 5.02 Å². The first-order valence-corrected chi connectivity index (χ1v) is 8.53. The van der Waals surface area contributed by atoms with E-state index in [4.69, 9.17) is 21.3 Å². The molecular weight excluding hydrogens is 338 g/mol. The number of methoxy groups -OCH3 is 1. The molecular formula is C18H18ClN5O. The van der Waals surface area contributed by atoms with Gasteiger partial charge in [0.25, 0.3) is 0 Å². The second-order valence-corrected chi connectivity index (χ2v) is 6.34. The molecule has 0 spiro atoms. The SMILES string of the molecule is COc1cnc(N2CCN(c3ccc4cc(Cl)ccc4n3)CC2)nc1. The quantitative estimate of drug-likeness (QED) is 0.720. The molecule has 0 radical (unpaired) electrons. The number of pyridine rings is 1. The molecule has 1 aromatic carbocycles. The summed E-state index contributed by atoms with van der Waals surface area (Å²) in [6.45, 7) is 3.46. The average molecular weight is 356 g/mol. The van der Waals surface area contributed by atoms with E-state index in [9.17, 15) is 0 Å². The highest BCUT2D eigenvalue weighted by Crippen LogP contribution is 2.23. The van der Waals surface area contributed by atoms with Crippen molar-refractivity contribution in [1.29, 1.82) is 0 Å². The van der Waals surface area contributed by atoms with Gasteiger partial charge in [-0.25, -0.2) is 15.0 Å². The Hall–Kier alpha value is -2.60. The summed E-state index contributed by atoms with van der Waals surface area (Å²) in [4.78, 5) is 18.0. The Labute approximate surface area is 151 Å². The van der Waals surface area contributed by atoms with Gasteiger partial charge in [0.15, 0.2) is 5.75 Å². The molecule has 0 atom stereocenters. The predicted molar refractivity (Wildman–Crippen MR) is 99.8 cm³/mol. The Bertz CT molecular complexity index is 878. The zero-order chi connectivity index (χ0) is 17.2. The Balaban J connectivity index is 1.46. The van der Waals surface area contributed by atoms with E-state index in [1.807, 2.05) is 18.2 Å². The lowest BCUT2D eigenvalue weighted by Gasteiger charge is -2.35. The van der Waals surface area contributed by atoms with Gasteiger partial charge in [0.1, 0.15) is 5.82 Å². The van der Waals surface area contributed by atoms with E-state index in [1.54, 1.807) is 19.5 Å². The van der Waals surface area contributed by atoms with E-state index in [1.165, 1.54) is 0 Å². The summed E-state index contributed by atoms with van der Waals surface area (Å²) in [5.74, 6) is 2.40. The van der Waals surface area contributed by atoms with Crippen LogP contribution in [0, 0.1) is 0 Å².